The number of hydrogen-bond donors (Lipinski definition) is 0. The molecule has 0 aromatic heterocycles. The number of ether oxygens (including phenoxy) is 2. The van der Waals surface area contributed by atoms with Crippen LogP contribution in [-0.4, -0.2) is 18.8 Å². The molecule has 1 saturated heterocycles. The summed E-state index contributed by atoms with van der Waals surface area (Å²) in [5.41, 5.74) is 4.09. The molecule has 0 aliphatic carbocycles. The summed E-state index contributed by atoms with van der Waals surface area (Å²) in [5.74, 6) is 1.65. The topological polar surface area (TPSA) is 21.8 Å². The van der Waals surface area contributed by atoms with Crippen LogP contribution in [0.1, 0.15) is 69.1 Å². The summed E-state index contributed by atoms with van der Waals surface area (Å²) in [6.45, 7) is 11.8. The van der Waals surface area contributed by atoms with E-state index < -0.39 is 0 Å². The molecule has 0 saturated carbocycles. The monoisotopic (exact) mass is 290 g/mol. The van der Waals surface area contributed by atoms with E-state index in [9.17, 15) is 0 Å². The van der Waals surface area contributed by atoms with Crippen LogP contribution in [0.5, 0.6) is 5.75 Å². The van der Waals surface area contributed by atoms with Crippen molar-refractivity contribution < 1.29 is 9.47 Å². The molecule has 2 nitrogen and oxygen atoms in total. The fraction of sp³-hybridized carbons (Fsp3) is 0.684. The molecular weight excluding hydrogens is 260 g/mol. The largest absolute Gasteiger partial charge is 0.493 e. The molecule has 0 amide bonds. The van der Waals surface area contributed by atoms with Crippen LogP contribution in [0.4, 0.5) is 0 Å². The summed E-state index contributed by atoms with van der Waals surface area (Å²) < 4.78 is 11.6. The molecule has 0 bridgehead atoms. The molecule has 1 aliphatic rings. The molecule has 1 heterocycles. The number of benzene rings is 1. The lowest BCUT2D eigenvalue weighted by Crippen LogP contribution is -2.07. The van der Waals surface area contributed by atoms with Gasteiger partial charge in [-0.05, 0) is 68.2 Å². The van der Waals surface area contributed by atoms with E-state index in [1.165, 1.54) is 23.1 Å². The zero-order valence-electron chi connectivity index (χ0n) is 14.2. The Morgan fingerprint density at radius 2 is 1.86 bits per heavy atom. The second kappa shape index (κ2) is 7.31. The quantitative estimate of drug-likeness (QED) is 0.617. The maximum Gasteiger partial charge on any atom is 0.122 e. The van der Waals surface area contributed by atoms with Gasteiger partial charge in [-0.15, -0.1) is 0 Å². The molecular formula is C19H30O2. The number of hydrogen-bond acceptors (Lipinski definition) is 2. The molecule has 118 valence electrons. The molecule has 2 heteroatoms. The highest BCUT2D eigenvalue weighted by Gasteiger charge is 2.38. The minimum absolute atomic E-state index is 0.482. The van der Waals surface area contributed by atoms with Crippen molar-refractivity contribution in [1.82, 2.24) is 0 Å². The normalized spacial score (nSPS) is 22.1. The number of rotatable bonds is 8. The molecule has 2 rings (SSSR count). The van der Waals surface area contributed by atoms with E-state index in [1.54, 1.807) is 0 Å². The van der Waals surface area contributed by atoms with Crippen LogP contribution in [0.2, 0.25) is 0 Å². The van der Waals surface area contributed by atoms with Crippen LogP contribution in [0, 0.1) is 13.8 Å². The minimum atomic E-state index is 0.482. The van der Waals surface area contributed by atoms with Gasteiger partial charge in [0.25, 0.3) is 0 Å². The molecule has 1 fully saturated rings. The lowest BCUT2D eigenvalue weighted by Gasteiger charge is -2.20. The molecule has 0 radical (unpaired) electrons. The third-order valence-corrected chi connectivity index (χ3v) is 4.56. The zero-order chi connectivity index (χ0) is 15.4. The van der Waals surface area contributed by atoms with E-state index in [2.05, 4.69) is 46.8 Å². The van der Waals surface area contributed by atoms with Crippen LogP contribution >= 0.6 is 0 Å². The van der Waals surface area contributed by atoms with Crippen LogP contribution in [0.25, 0.3) is 0 Å². The Morgan fingerprint density at radius 1 is 1.10 bits per heavy atom. The minimum Gasteiger partial charge on any atom is -0.493 e. The third-order valence-electron chi connectivity index (χ3n) is 4.56. The van der Waals surface area contributed by atoms with E-state index >= 15 is 0 Å². The van der Waals surface area contributed by atoms with Crippen molar-refractivity contribution in [3.8, 4) is 5.75 Å². The zero-order valence-corrected chi connectivity index (χ0v) is 14.2. The van der Waals surface area contributed by atoms with Gasteiger partial charge in [-0.3, -0.25) is 0 Å². The van der Waals surface area contributed by atoms with Crippen molar-refractivity contribution in [1.29, 1.82) is 0 Å². The van der Waals surface area contributed by atoms with Crippen molar-refractivity contribution in [2.45, 2.75) is 78.4 Å². The summed E-state index contributed by atoms with van der Waals surface area (Å²) in [5, 5.41) is 0. The van der Waals surface area contributed by atoms with Crippen molar-refractivity contribution >= 4 is 0 Å². The van der Waals surface area contributed by atoms with Crippen molar-refractivity contribution in [3.63, 3.8) is 0 Å². The smallest absolute Gasteiger partial charge is 0.122 e. The Kier molecular flexibility index (Phi) is 5.69. The lowest BCUT2D eigenvalue weighted by atomic mass is 9.87. The fourth-order valence-electron chi connectivity index (χ4n) is 3.16. The van der Waals surface area contributed by atoms with Crippen molar-refractivity contribution in [2.24, 2.45) is 0 Å². The number of epoxide rings is 1. The van der Waals surface area contributed by atoms with Gasteiger partial charge in [0.2, 0.25) is 0 Å². The summed E-state index contributed by atoms with van der Waals surface area (Å²) in [6.07, 6.45) is 5.51. The van der Waals surface area contributed by atoms with Crippen LogP contribution in [0.3, 0.4) is 0 Å². The third kappa shape index (κ3) is 4.00. The van der Waals surface area contributed by atoms with Gasteiger partial charge in [0.05, 0.1) is 18.8 Å². The van der Waals surface area contributed by atoms with Crippen LogP contribution in [-0.2, 0) is 4.74 Å². The Morgan fingerprint density at radius 3 is 2.43 bits per heavy atom. The molecule has 0 spiro atoms. The summed E-state index contributed by atoms with van der Waals surface area (Å²) in [7, 11) is 0. The van der Waals surface area contributed by atoms with Gasteiger partial charge in [-0.1, -0.05) is 26.8 Å². The highest BCUT2D eigenvalue weighted by Crippen LogP contribution is 2.38. The summed E-state index contributed by atoms with van der Waals surface area (Å²) >= 11 is 0. The molecule has 1 aliphatic heterocycles. The van der Waals surface area contributed by atoms with Gasteiger partial charge in [-0.25, -0.2) is 0 Å². The molecule has 21 heavy (non-hydrogen) atoms. The van der Waals surface area contributed by atoms with E-state index in [1.807, 2.05) is 0 Å². The van der Waals surface area contributed by atoms with Crippen LogP contribution in [0.15, 0.2) is 12.1 Å². The molecule has 1 aromatic carbocycles. The van der Waals surface area contributed by atoms with Gasteiger partial charge >= 0.3 is 0 Å². The standard InChI is InChI=1S/C19H30O2/c1-6-9-20-18-11-13(4)16(10-14(18)5)15(7-2)12-19-17(8-3)21-19/h10-11,15,17,19H,6-9,12H2,1-5H3. The first-order valence-corrected chi connectivity index (χ1v) is 8.50. The highest BCUT2D eigenvalue weighted by atomic mass is 16.6. The summed E-state index contributed by atoms with van der Waals surface area (Å²) in [4.78, 5) is 0. The molecule has 1 aromatic rings. The van der Waals surface area contributed by atoms with Gasteiger partial charge in [0.15, 0.2) is 0 Å². The summed E-state index contributed by atoms with van der Waals surface area (Å²) in [6, 6.07) is 4.55. The average Bonchev–Trinajstić information content (AvgIpc) is 3.24. The lowest BCUT2D eigenvalue weighted by molar-refractivity contribution is 0.315. The van der Waals surface area contributed by atoms with E-state index in [4.69, 9.17) is 9.47 Å². The molecule has 3 atom stereocenters. The van der Waals surface area contributed by atoms with Gasteiger partial charge in [0.1, 0.15) is 5.75 Å². The Labute approximate surface area is 129 Å². The van der Waals surface area contributed by atoms with Crippen molar-refractivity contribution in [2.75, 3.05) is 6.61 Å². The predicted octanol–water partition coefficient (Wildman–Crippen LogP) is 5.15. The van der Waals surface area contributed by atoms with Crippen LogP contribution < -0.4 is 4.74 Å². The Balaban J connectivity index is 2.11. The maximum atomic E-state index is 5.84. The van der Waals surface area contributed by atoms with E-state index in [-0.39, 0.29) is 0 Å². The predicted molar refractivity (Wildman–Crippen MR) is 88.3 cm³/mol. The number of aryl methyl sites for hydroxylation is 2. The first-order chi connectivity index (χ1) is 10.1. The van der Waals surface area contributed by atoms with Crippen molar-refractivity contribution in [3.05, 3.63) is 28.8 Å². The SMILES string of the molecule is CCCOc1cc(C)c(C(CC)CC2OC2CC)cc1C. The Bertz CT molecular complexity index is 467. The molecule has 3 unspecified atom stereocenters. The first kappa shape index (κ1) is 16.4. The fourth-order valence-corrected chi connectivity index (χ4v) is 3.16. The second-order valence-corrected chi connectivity index (χ2v) is 6.28. The maximum absolute atomic E-state index is 5.84. The van der Waals surface area contributed by atoms with E-state index in [0.29, 0.717) is 18.1 Å². The Hall–Kier alpha value is -1.02. The first-order valence-electron chi connectivity index (χ1n) is 8.50. The van der Waals surface area contributed by atoms with E-state index in [0.717, 1.165) is 31.6 Å². The second-order valence-electron chi connectivity index (χ2n) is 6.28. The molecule has 0 N–H and O–H groups in total. The average molecular weight is 290 g/mol. The highest BCUT2D eigenvalue weighted by molar-refractivity contribution is 5.43. The van der Waals surface area contributed by atoms with Gasteiger partial charge < -0.3 is 9.47 Å². The van der Waals surface area contributed by atoms with Gasteiger partial charge in [0, 0.05) is 0 Å². The van der Waals surface area contributed by atoms with Gasteiger partial charge in [-0.2, -0.15) is 0 Å².